The number of aliphatic hydroxyl groups is 1. The molecule has 4 rings (SSSR count). The molecule has 10 nitrogen and oxygen atoms in total. The van der Waals surface area contributed by atoms with Gasteiger partial charge in [-0.15, -0.1) is 0 Å². The molecule has 3 atom stereocenters. The number of anilines is 1. The Morgan fingerprint density at radius 3 is 2.25 bits per heavy atom. The molecule has 0 unspecified atom stereocenters. The Kier molecular flexibility index (Phi) is 10.7. The van der Waals surface area contributed by atoms with Crippen LogP contribution in [-0.2, 0) is 15.7 Å². The number of ketones is 2. The Hall–Kier alpha value is -4.36. The maximum Gasteiger partial charge on any atom is 0.416 e. The van der Waals surface area contributed by atoms with Gasteiger partial charge in [-0.3, -0.25) is 14.4 Å². The molecule has 3 aromatic rings. The lowest BCUT2D eigenvalue weighted by Crippen LogP contribution is -2.35. The highest BCUT2D eigenvalue weighted by Gasteiger charge is 2.36. The number of alkyl halides is 3. The molecule has 1 amide bonds. The minimum Gasteiger partial charge on any atom is -0.489 e. The number of nitrogens with zero attached hydrogens (tertiary/aromatic N) is 3. The number of aromatic nitrogens is 2. The Morgan fingerprint density at radius 2 is 1.68 bits per heavy atom. The number of Topliss-reactive ketones (excluding diaryl/α,β-unsaturated/α-hetero) is 2. The summed E-state index contributed by atoms with van der Waals surface area (Å²) < 4.78 is 50.3. The maximum absolute atomic E-state index is 12.9. The molecule has 2 N–H and O–H groups in total. The Labute approximate surface area is 252 Å². The van der Waals surface area contributed by atoms with Crippen LogP contribution >= 0.6 is 0 Å². The van der Waals surface area contributed by atoms with Crippen LogP contribution in [0.4, 0.5) is 19.1 Å². The van der Waals surface area contributed by atoms with Crippen molar-refractivity contribution in [2.75, 3.05) is 31.3 Å². The van der Waals surface area contributed by atoms with Gasteiger partial charge >= 0.3 is 6.18 Å². The first-order valence-corrected chi connectivity index (χ1v) is 14.1. The van der Waals surface area contributed by atoms with E-state index in [0.717, 1.165) is 12.1 Å². The Bertz CT molecular complexity index is 1430. The SMILES string of the molecule is CCOC[C@@H]1C[C@@H](Oc2ccc(C(F)(F)F)cc2)CN1c1ncc(C(=O)N[C@@H](CO)c2ccc(C(=O)C(=O)CC)cc2)cn1. The standard InChI is InChI=1S/C31H33F3N4O6/c1-3-27(40)28(41)20-7-5-19(6-8-20)26(17-39)37-29(42)21-14-35-30(36-15-21)38-16-25(13-23(38)18-43-4-2)44-24-11-9-22(10-12-24)31(32,33)34/h5-12,14-15,23,25-26,39H,3-4,13,16-18H2,1-2H3,(H,37,42)/t23-,25+,26-/m0/s1. The van der Waals surface area contributed by atoms with Gasteiger partial charge in [-0.2, -0.15) is 13.2 Å². The van der Waals surface area contributed by atoms with Crippen LogP contribution in [-0.4, -0.2) is 71.1 Å². The van der Waals surface area contributed by atoms with E-state index in [4.69, 9.17) is 9.47 Å². The minimum atomic E-state index is -4.44. The molecular weight excluding hydrogens is 581 g/mol. The number of aliphatic hydroxyl groups excluding tert-OH is 1. The van der Waals surface area contributed by atoms with E-state index in [2.05, 4.69) is 15.3 Å². The number of ether oxygens (including phenoxy) is 2. The molecule has 0 spiro atoms. The largest absolute Gasteiger partial charge is 0.489 e. The first-order valence-electron chi connectivity index (χ1n) is 14.1. The third-order valence-corrected chi connectivity index (χ3v) is 7.17. The van der Waals surface area contributed by atoms with E-state index in [1.54, 1.807) is 19.1 Å². The van der Waals surface area contributed by atoms with Gasteiger partial charge in [-0.25, -0.2) is 9.97 Å². The highest BCUT2D eigenvalue weighted by molar-refractivity contribution is 6.43. The minimum absolute atomic E-state index is 0.0960. The molecule has 1 fully saturated rings. The molecule has 0 bridgehead atoms. The van der Waals surface area contributed by atoms with Gasteiger partial charge in [0.15, 0.2) is 0 Å². The van der Waals surface area contributed by atoms with Crippen LogP contribution in [0.15, 0.2) is 60.9 Å². The molecule has 0 saturated carbocycles. The van der Waals surface area contributed by atoms with Gasteiger partial charge in [0, 0.05) is 37.4 Å². The van der Waals surface area contributed by atoms with Crippen LogP contribution in [0.1, 0.15) is 64.6 Å². The summed E-state index contributed by atoms with van der Waals surface area (Å²) in [5, 5.41) is 12.6. The van der Waals surface area contributed by atoms with Gasteiger partial charge in [0.05, 0.1) is 43.0 Å². The van der Waals surface area contributed by atoms with E-state index in [0.29, 0.717) is 43.4 Å². The second kappa shape index (κ2) is 14.4. The monoisotopic (exact) mass is 614 g/mol. The number of carbonyl (C=O) groups excluding carboxylic acids is 3. The van der Waals surface area contributed by atoms with E-state index >= 15 is 0 Å². The summed E-state index contributed by atoms with van der Waals surface area (Å²) in [5.74, 6) is -1.01. The Morgan fingerprint density at radius 1 is 1.02 bits per heavy atom. The van der Waals surface area contributed by atoms with Gasteiger partial charge in [0.25, 0.3) is 5.91 Å². The van der Waals surface area contributed by atoms with E-state index in [1.807, 2.05) is 11.8 Å². The second-order valence-corrected chi connectivity index (χ2v) is 10.2. The van der Waals surface area contributed by atoms with Crippen LogP contribution in [0.3, 0.4) is 0 Å². The number of amides is 1. The number of rotatable bonds is 13. The number of hydrogen-bond donors (Lipinski definition) is 2. The van der Waals surface area contributed by atoms with Crippen LogP contribution < -0.4 is 15.0 Å². The van der Waals surface area contributed by atoms with E-state index in [9.17, 15) is 32.7 Å². The van der Waals surface area contributed by atoms with Crippen LogP contribution in [0, 0.1) is 0 Å². The molecule has 0 aliphatic carbocycles. The first kappa shape index (κ1) is 32.6. The van der Waals surface area contributed by atoms with Crippen molar-refractivity contribution in [3.8, 4) is 5.75 Å². The quantitative estimate of drug-likeness (QED) is 0.215. The van der Waals surface area contributed by atoms with Crippen molar-refractivity contribution >= 4 is 23.4 Å². The molecule has 44 heavy (non-hydrogen) atoms. The van der Waals surface area contributed by atoms with Crippen molar-refractivity contribution in [3.63, 3.8) is 0 Å². The average Bonchev–Trinajstić information content (AvgIpc) is 3.43. The molecule has 1 aromatic heterocycles. The zero-order valence-corrected chi connectivity index (χ0v) is 24.2. The van der Waals surface area contributed by atoms with Crippen LogP contribution in [0.5, 0.6) is 5.75 Å². The third-order valence-electron chi connectivity index (χ3n) is 7.17. The van der Waals surface area contributed by atoms with Crippen LogP contribution in [0.2, 0.25) is 0 Å². The highest BCUT2D eigenvalue weighted by atomic mass is 19.4. The van der Waals surface area contributed by atoms with E-state index in [1.165, 1.54) is 36.7 Å². The molecular formula is C31H33F3N4O6. The average molecular weight is 615 g/mol. The normalized spacial score (nSPS) is 17.3. The summed E-state index contributed by atoms with van der Waals surface area (Å²) in [5.41, 5.74) is 0.146. The second-order valence-electron chi connectivity index (χ2n) is 10.2. The number of carbonyl (C=O) groups is 3. The topological polar surface area (TPSA) is 131 Å². The number of hydrogen-bond acceptors (Lipinski definition) is 9. The lowest BCUT2D eigenvalue weighted by molar-refractivity contribution is -0.137. The van der Waals surface area contributed by atoms with E-state index < -0.39 is 41.9 Å². The number of nitrogens with one attached hydrogen (secondary N) is 1. The fourth-order valence-corrected chi connectivity index (χ4v) is 4.78. The van der Waals surface area contributed by atoms with Gasteiger partial charge in [0.1, 0.15) is 11.9 Å². The zero-order chi connectivity index (χ0) is 31.9. The van der Waals surface area contributed by atoms with Gasteiger partial charge in [-0.05, 0) is 36.8 Å². The van der Waals surface area contributed by atoms with Crippen molar-refractivity contribution in [2.45, 2.75) is 51.1 Å². The molecule has 1 aliphatic heterocycles. The third kappa shape index (κ3) is 7.97. The lowest BCUT2D eigenvalue weighted by atomic mass is 10.0. The van der Waals surface area contributed by atoms with Gasteiger partial charge in [0.2, 0.25) is 17.5 Å². The highest BCUT2D eigenvalue weighted by Crippen LogP contribution is 2.32. The summed E-state index contributed by atoms with van der Waals surface area (Å²) >= 11 is 0. The smallest absolute Gasteiger partial charge is 0.416 e. The van der Waals surface area contributed by atoms with Gasteiger partial charge < -0.3 is 24.8 Å². The molecule has 0 radical (unpaired) electrons. The molecule has 1 saturated heterocycles. The lowest BCUT2D eigenvalue weighted by Gasteiger charge is -2.24. The van der Waals surface area contributed by atoms with Crippen molar-refractivity contribution in [2.24, 2.45) is 0 Å². The molecule has 2 heterocycles. The zero-order valence-electron chi connectivity index (χ0n) is 24.2. The van der Waals surface area contributed by atoms with Crippen molar-refractivity contribution in [3.05, 3.63) is 83.2 Å². The van der Waals surface area contributed by atoms with Crippen LogP contribution in [0.25, 0.3) is 0 Å². The molecule has 1 aliphatic rings. The fraction of sp³-hybridized carbons (Fsp3) is 0.387. The molecule has 234 valence electrons. The maximum atomic E-state index is 12.9. The van der Waals surface area contributed by atoms with Crippen molar-refractivity contribution in [1.29, 1.82) is 0 Å². The van der Waals surface area contributed by atoms with E-state index in [-0.39, 0.29) is 29.7 Å². The summed E-state index contributed by atoms with van der Waals surface area (Å²) in [4.78, 5) is 47.3. The molecule has 13 heteroatoms. The predicted octanol–water partition coefficient (Wildman–Crippen LogP) is 4.18. The van der Waals surface area contributed by atoms with Crippen molar-refractivity contribution < 1.29 is 42.1 Å². The molecule has 2 aromatic carbocycles. The number of benzene rings is 2. The predicted molar refractivity (Wildman–Crippen MR) is 153 cm³/mol. The summed E-state index contributed by atoms with van der Waals surface area (Å²) in [6, 6.07) is 9.63. The summed E-state index contributed by atoms with van der Waals surface area (Å²) in [6.07, 6.45) is -1.48. The fourth-order valence-electron chi connectivity index (χ4n) is 4.78. The summed E-state index contributed by atoms with van der Waals surface area (Å²) in [6.45, 7) is 4.23. The van der Waals surface area contributed by atoms with Crippen molar-refractivity contribution in [1.82, 2.24) is 15.3 Å². The summed E-state index contributed by atoms with van der Waals surface area (Å²) in [7, 11) is 0. The van der Waals surface area contributed by atoms with Gasteiger partial charge in [-0.1, -0.05) is 31.2 Å². The first-order chi connectivity index (χ1) is 21.0. The number of halogens is 3. The Balaban J connectivity index is 1.41.